The lowest BCUT2D eigenvalue weighted by Crippen LogP contribution is -2.30. The Hall–Kier alpha value is 0.270. The Bertz CT molecular complexity index is 121. The fourth-order valence-corrected chi connectivity index (χ4v) is 1.80. The Balaban J connectivity index is 1.98. The maximum Gasteiger partial charge on any atom is 0.0593 e. The largest absolute Gasteiger partial charge is 0.379 e. The zero-order chi connectivity index (χ0) is 8.81. The van der Waals surface area contributed by atoms with Crippen LogP contribution >= 0.6 is 12.6 Å². The second-order valence-electron chi connectivity index (χ2n) is 3.36. The van der Waals surface area contributed by atoms with Gasteiger partial charge in [0.15, 0.2) is 0 Å². The molecule has 1 heterocycles. The van der Waals surface area contributed by atoms with Crippen LogP contribution in [0, 0.1) is 0 Å². The molecule has 1 aliphatic heterocycles. The monoisotopic (exact) mass is 189 g/mol. The van der Waals surface area contributed by atoms with E-state index in [2.05, 4.69) is 24.5 Å². The molecule has 0 bridgehead atoms. The highest BCUT2D eigenvalue weighted by Gasteiger charge is 2.18. The summed E-state index contributed by atoms with van der Waals surface area (Å²) in [4.78, 5) is 2.50. The summed E-state index contributed by atoms with van der Waals surface area (Å²) in [5, 5.41) is 0. The number of likely N-dealkylation sites (tertiary alicyclic amines) is 1. The fourth-order valence-electron chi connectivity index (χ4n) is 1.67. The summed E-state index contributed by atoms with van der Waals surface area (Å²) < 4.78 is 5.38. The summed E-state index contributed by atoms with van der Waals surface area (Å²) in [6.07, 6.45) is 2.71. The van der Waals surface area contributed by atoms with Gasteiger partial charge in [0.25, 0.3) is 0 Å². The van der Waals surface area contributed by atoms with E-state index in [1.165, 1.54) is 19.4 Å². The van der Waals surface area contributed by atoms with Crippen LogP contribution in [0.1, 0.15) is 19.8 Å². The van der Waals surface area contributed by atoms with Gasteiger partial charge in [0.2, 0.25) is 0 Å². The molecule has 0 aliphatic carbocycles. The van der Waals surface area contributed by atoms with E-state index in [0.29, 0.717) is 0 Å². The van der Waals surface area contributed by atoms with Gasteiger partial charge in [-0.3, -0.25) is 4.90 Å². The average Bonchev–Trinajstić information content (AvgIpc) is 2.46. The van der Waals surface area contributed by atoms with Gasteiger partial charge in [-0.25, -0.2) is 0 Å². The third-order valence-corrected chi connectivity index (χ3v) is 2.63. The summed E-state index contributed by atoms with van der Waals surface area (Å²) in [6.45, 7) is 6.29. The number of hydrogen-bond donors (Lipinski definition) is 1. The van der Waals surface area contributed by atoms with Crippen molar-refractivity contribution in [3.05, 3.63) is 0 Å². The van der Waals surface area contributed by atoms with E-state index in [0.717, 1.165) is 31.6 Å². The quantitative estimate of drug-likeness (QED) is 0.519. The first-order valence-electron chi connectivity index (χ1n) is 4.77. The molecule has 1 unspecified atom stereocenters. The molecule has 1 atom stereocenters. The zero-order valence-electron chi connectivity index (χ0n) is 7.83. The van der Waals surface area contributed by atoms with Crippen molar-refractivity contribution in [3.63, 3.8) is 0 Å². The minimum Gasteiger partial charge on any atom is -0.379 e. The second kappa shape index (κ2) is 5.84. The standard InChI is InChI=1S/C9H19NOS/c1-9-3-2-4-10(9)5-6-11-7-8-12/h9,12H,2-8H2,1H3. The highest BCUT2D eigenvalue weighted by atomic mass is 32.1. The van der Waals surface area contributed by atoms with Crippen LogP contribution in [0.2, 0.25) is 0 Å². The van der Waals surface area contributed by atoms with Gasteiger partial charge in [-0.1, -0.05) is 0 Å². The molecule has 72 valence electrons. The number of thiol groups is 1. The van der Waals surface area contributed by atoms with Crippen LogP contribution in [0.3, 0.4) is 0 Å². The van der Waals surface area contributed by atoms with Crippen molar-refractivity contribution in [1.82, 2.24) is 4.90 Å². The Labute approximate surface area is 80.7 Å². The summed E-state index contributed by atoms with van der Waals surface area (Å²) >= 11 is 4.08. The van der Waals surface area contributed by atoms with Crippen molar-refractivity contribution in [2.45, 2.75) is 25.8 Å². The SMILES string of the molecule is CC1CCCN1CCOCCS. The molecule has 1 fully saturated rings. The van der Waals surface area contributed by atoms with Crippen LogP contribution in [-0.4, -0.2) is 43.0 Å². The van der Waals surface area contributed by atoms with Gasteiger partial charge in [0.1, 0.15) is 0 Å². The predicted molar refractivity (Wildman–Crippen MR) is 54.9 cm³/mol. The zero-order valence-corrected chi connectivity index (χ0v) is 8.72. The molecule has 0 N–H and O–H groups in total. The van der Waals surface area contributed by atoms with E-state index in [4.69, 9.17) is 4.74 Å². The smallest absolute Gasteiger partial charge is 0.0593 e. The minimum atomic E-state index is 0.768. The Morgan fingerprint density at radius 3 is 2.92 bits per heavy atom. The first-order valence-corrected chi connectivity index (χ1v) is 5.40. The third kappa shape index (κ3) is 3.33. The van der Waals surface area contributed by atoms with Gasteiger partial charge in [-0.2, -0.15) is 12.6 Å². The van der Waals surface area contributed by atoms with Crippen molar-refractivity contribution >= 4 is 12.6 Å². The van der Waals surface area contributed by atoms with Crippen molar-refractivity contribution in [2.75, 3.05) is 32.1 Å². The fraction of sp³-hybridized carbons (Fsp3) is 1.00. The van der Waals surface area contributed by atoms with Gasteiger partial charge < -0.3 is 4.74 Å². The molecule has 3 heteroatoms. The normalized spacial score (nSPS) is 25.0. The molecule has 1 saturated heterocycles. The highest BCUT2D eigenvalue weighted by Crippen LogP contribution is 2.15. The molecule has 0 spiro atoms. The predicted octanol–water partition coefficient (Wildman–Crippen LogP) is 1.42. The topological polar surface area (TPSA) is 12.5 Å². The van der Waals surface area contributed by atoms with E-state index in [9.17, 15) is 0 Å². The lowest BCUT2D eigenvalue weighted by molar-refractivity contribution is 0.113. The Kier molecular flexibility index (Phi) is 5.04. The summed E-state index contributed by atoms with van der Waals surface area (Å²) in [6, 6.07) is 0.768. The van der Waals surface area contributed by atoms with Crippen LogP contribution in [0.4, 0.5) is 0 Å². The first-order chi connectivity index (χ1) is 5.84. The van der Waals surface area contributed by atoms with Crippen LogP contribution < -0.4 is 0 Å². The molecule has 0 aromatic carbocycles. The van der Waals surface area contributed by atoms with Crippen molar-refractivity contribution in [2.24, 2.45) is 0 Å². The minimum absolute atomic E-state index is 0.768. The molecule has 0 radical (unpaired) electrons. The maximum absolute atomic E-state index is 5.38. The molecule has 0 aromatic heterocycles. The van der Waals surface area contributed by atoms with Crippen LogP contribution in [0.15, 0.2) is 0 Å². The van der Waals surface area contributed by atoms with E-state index in [1.807, 2.05) is 0 Å². The summed E-state index contributed by atoms with van der Waals surface area (Å²) in [7, 11) is 0. The second-order valence-corrected chi connectivity index (χ2v) is 3.81. The average molecular weight is 189 g/mol. The van der Waals surface area contributed by atoms with Gasteiger partial charge in [-0.15, -0.1) is 0 Å². The van der Waals surface area contributed by atoms with E-state index in [-0.39, 0.29) is 0 Å². The third-order valence-electron chi connectivity index (χ3n) is 2.45. The first kappa shape index (κ1) is 10.4. The van der Waals surface area contributed by atoms with Gasteiger partial charge in [0.05, 0.1) is 13.2 Å². The number of nitrogens with zero attached hydrogens (tertiary/aromatic N) is 1. The molecule has 12 heavy (non-hydrogen) atoms. The number of rotatable bonds is 5. The van der Waals surface area contributed by atoms with Gasteiger partial charge >= 0.3 is 0 Å². The van der Waals surface area contributed by atoms with Crippen LogP contribution in [0.5, 0.6) is 0 Å². The lowest BCUT2D eigenvalue weighted by atomic mass is 10.2. The highest BCUT2D eigenvalue weighted by molar-refractivity contribution is 7.80. The molecule has 0 aromatic rings. The Morgan fingerprint density at radius 2 is 2.33 bits per heavy atom. The number of hydrogen-bond acceptors (Lipinski definition) is 3. The van der Waals surface area contributed by atoms with Crippen molar-refractivity contribution in [1.29, 1.82) is 0 Å². The van der Waals surface area contributed by atoms with Crippen LogP contribution in [-0.2, 0) is 4.74 Å². The molecule has 1 rings (SSSR count). The molecular weight excluding hydrogens is 170 g/mol. The summed E-state index contributed by atoms with van der Waals surface area (Å²) in [5.74, 6) is 0.829. The van der Waals surface area contributed by atoms with E-state index in [1.54, 1.807) is 0 Å². The number of ether oxygens (including phenoxy) is 1. The Morgan fingerprint density at radius 1 is 1.50 bits per heavy atom. The molecule has 0 saturated carbocycles. The lowest BCUT2D eigenvalue weighted by Gasteiger charge is -2.20. The summed E-state index contributed by atoms with van der Waals surface area (Å²) in [5.41, 5.74) is 0. The van der Waals surface area contributed by atoms with E-state index >= 15 is 0 Å². The van der Waals surface area contributed by atoms with E-state index < -0.39 is 0 Å². The van der Waals surface area contributed by atoms with Gasteiger partial charge in [0, 0.05) is 18.3 Å². The van der Waals surface area contributed by atoms with Gasteiger partial charge in [-0.05, 0) is 26.3 Å². The molecular formula is C9H19NOS. The molecule has 0 amide bonds. The molecule has 2 nitrogen and oxygen atoms in total. The van der Waals surface area contributed by atoms with Crippen molar-refractivity contribution in [3.8, 4) is 0 Å². The maximum atomic E-state index is 5.38. The molecule has 1 aliphatic rings. The van der Waals surface area contributed by atoms with Crippen LogP contribution in [0.25, 0.3) is 0 Å². The van der Waals surface area contributed by atoms with Crippen molar-refractivity contribution < 1.29 is 4.74 Å².